The molecular weight excluding hydrogens is 584 g/mol. The molecule has 0 aliphatic rings. The molecule has 44 heavy (non-hydrogen) atoms. The zero-order chi connectivity index (χ0) is 31.8. The summed E-state index contributed by atoms with van der Waals surface area (Å²) in [6.07, 6.45) is 9.02. The minimum atomic E-state index is -3.41. The Bertz CT molecular complexity index is 1440. The number of ether oxygens (including phenoxy) is 4. The summed E-state index contributed by atoms with van der Waals surface area (Å²) in [7, 11) is -3.41. The van der Waals surface area contributed by atoms with Crippen molar-refractivity contribution in [1.29, 1.82) is 0 Å². The summed E-state index contributed by atoms with van der Waals surface area (Å²) < 4.78 is 46.5. The number of carbonyl (C=O) groups excluding carboxylic acids is 2. The molecule has 0 aliphatic carbocycles. The van der Waals surface area contributed by atoms with E-state index in [9.17, 15) is 18.0 Å². The molecule has 240 valence electrons. The lowest BCUT2D eigenvalue weighted by molar-refractivity contribution is -0.144. The lowest BCUT2D eigenvalue weighted by atomic mass is 9.96. The summed E-state index contributed by atoms with van der Waals surface area (Å²) in [5.74, 6) is 0.749. The lowest BCUT2D eigenvalue weighted by Crippen LogP contribution is -2.10. The van der Waals surface area contributed by atoms with Gasteiger partial charge in [-0.05, 0) is 87.4 Å². The van der Waals surface area contributed by atoms with Crippen LogP contribution in [0, 0.1) is 0 Å². The van der Waals surface area contributed by atoms with Crippen LogP contribution < -0.4 is 9.47 Å². The number of hydrogen-bond acceptors (Lipinski definition) is 9. The van der Waals surface area contributed by atoms with Gasteiger partial charge in [-0.25, -0.2) is 8.42 Å². The summed E-state index contributed by atoms with van der Waals surface area (Å²) in [5.41, 5.74) is 3.46. The second-order valence-corrected chi connectivity index (χ2v) is 12.4. The minimum Gasteiger partial charge on any atom is -0.494 e. The van der Waals surface area contributed by atoms with Crippen LogP contribution >= 0.6 is 0 Å². The maximum absolute atomic E-state index is 12.2. The minimum absolute atomic E-state index is 0.192. The fourth-order valence-corrected chi connectivity index (χ4v) is 5.43. The van der Waals surface area contributed by atoms with Gasteiger partial charge in [-0.1, -0.05) is 25.0 Å². The monoisotopic (exact) mass is 628 g/mol. The van der Waals surface area contributed by atoms with E-state index in [1.807, 2.05) is 12.1 Å². The fourth-order valence-electron chi connectivity index (χ4n) is 4.76. The summed E-state index contributed by atoms with van der Waals surface area (Å²) in [6.45, 7) is 5.12. The van der Waals surface area contributed by atoms with E-state index in [1.165, 1.54) is 6.26 Å². The first-order valence-electron chi connectivity index (χ1n) is 15.2. The van der Waals surface area contributed by atoms with Gasteiger partial charge in [-0.3, -0.25) is 14.7 Å². The van der Waals surface area contributed by atoms with Gasteiger partial charge in [0.1, 0.15) is 11.5 Å². The van der Waals surface area contributed by atoms with Crippen LogP contribution in [0.1, 0.15) is 69.9 Å². The van der Waals surface area contributed by atoms with Gasteiger partial charge < -0.3 is 18.9 Å². The second kappa shape index (κ2) is 18.1. The van der Waals surface area contributed by atoms with Gasteiger partial charge in [0, 0.05) is 30.9 Å². The molecule has 0 unspecified atom stereocenters. The highest BCUT2D eigenvalue weighted by Gasteiger charge is 2.15. The molecule has 1 N–H and O–H groups in total. The van der Waals surface area contributed by atoms with Crippen LogP contribution in [-0.2, 0) is 41.7 Å². The zero-order valence-electron chi connectivity index (χ0n) is 25.9. The largest absolute Gasteiger partial charge is 0.494 e. The first kappa shape index (κ1) is 34.6. The number of sulfone groups is 1. The predicted octanol–water partition coefficient (Wildman–Crippen LogP) is 5.88. The SMILES string of the molecule is CCOC(=O)CCCOc1cccc(CCCCCCOc2cc(-c3cc[nH]n3)cc(S(C)(=O)=O)c2)c1CCC(=O)OCC. The quantitative estimate of drug-likeness (QED) is 0.120. The Morgan fingerprint density at radius 3 is 2.25 bits per heavy atom. The highest BCUT2D eigenvalue weighted by molar-refractivity contribution is 7.90. The molecule has 0 radical (unpaired) electrons. The van der Waals surface area contributed by atoms with Gasteiger partial charge in [-0.15, -0.1) is 0 Å². The van der Waals surface area contributed by atoms with Crippen LogP contribution in [-0.4, -0.2) is 63.2 Å². The number of aromatic amines is 1. The number of hydrogen-bond donors (Lipinski definition) is 1. The Kier molecular flexibility index (Phi) is 14.2. The number of esters is 2. The number of rotatable bonds is 20. The average Bonchev–Trinajstić information content (AvgIpc) is 3.53. The molecule has 0 saturated carbocycles. The van der Waals surface area contributed by atoms with E-state index in [1.54, 1.807) is 44.3 Å². The molecule has 0 atom stereocenters. The molecule has 1 heterocycles. The average molecular weight is 629 g/mol. The van der Waals surface area contributed by atoms with Gasteiger partial charge in [0.2, 0.25) is 0 Å². The summed E-state index contributed by atoms with van der Waals surface area (Å²) in [6, 6.07) is 12.7. The molecule has 3 rings (SSSR count). The second-order valence-electron chi connectivity index (χ2n) is 10.4. The fraction of sp³-hybridized carbons (Fsp3) is 0.485. The smallest absolute Gasteiger partial charge is 0.306 e. The molecule has 0 fully saturated rings. The summed E-state index contributed by atoms with van der Waals surface area (Å²) in [4.78, 5) is 23.9. The van der Waals surface area contributed by atoms with Gasteiger partial charge in [0.25, 0.3) is 0 Å². The van der Waals surface area contributed by atoms with E-state index in [4.69, 9.17) is 18.9 Å². The topological polar surface area (TPSA) is 134 Å². The van der Waals surface area contributed by atoms with Crippen molar-refractivity contribution in [2.75, 3.05) is 32.7 Å². The molecule has 0 amide bonds. The predicted molar refractivity (Wildman–Crippen MR) is 168 cm³/mol. The van der Waals surface area contributed by atoms with E-state index in [0.717, 1.165) is 49.0 Å². The first-order valence-corrected chi connectivity index (χ1v) is 17.1. The van der Waals surface area contributed by atoms with Crippen LogP contribution in [0.4, 0.5) is 0 Å². The molecule has 0 saturated heterocycles. The number of nitrogens with one attached hydrogen (secondary N) is 1. The van der Waals surface area contributed by atoms with E-state index in [-0.39, 0.29) is 23.3 Å². The van der Waals surface area contributed by atoms with Crippen molar-refractivity contribution in [1.82, 2.24) is 10.2 Å². The van der Waals surface area contributed by atoms with Crippen LogP contribution in [0.25, 0.3) is 11.3 Å². The van der Waals surface area contributed by atoms with Crippen molar-refractivity contribution in [2.24, 2.45) is 0 Å². The maximum Gasteiger partial charge on any atom is 0.306 e. The van der Waals surface area contributed by atoms with Crippen molar-refractivity contribution < 1.29 is 37.0 Å². The van der Waals surface area contributed by atoms with Gasteiger partial charge in [0.15, 0.2) is 9.84 Å². The number of nitrogens with zero attached hydrogens (tertiary/aromatic N) is 1. The number of benzene rings is 2. The van der Waals surface area contributed by atoms with Crippen molar-refractivity contribution in [2.45, 2.75) is 76.5 Å². The number of H-pyrrole nitrogens is 1. The normalized spacial score (nSPS) is 11.2. The number of unbranched alkanes of at least 4 members (excludes halogenated alkanes) is 3. The van der Waals surface area contributed by atoms with Crippen molar-refractivity contribution in [3.05, 3.63) is 59.8 Å². The molecule has 0 aliphatic heterocycles. The Hall–Kier alpha value is -3.86. The summed E-state index contributed by atoms with van der Waals surface area (Å²) in [5, 5.41) is 6.90. The molecule has 3 aromatic rings. The Morgan fingerprint density at radius 1 is 0.818 bits per heavy atom. The molecule has 2 aromatic carbocycles. The third-order valence-electron chi connectivity index (χ3n) is 6.92. The van der Waals surface area contributed by atoms with E-state index >= 15 is 0 Å². The third kappa shape index (κ3) is 11.7. The summed E-state index contributed by atoms with van der Waals surface area (Å²) >= 11 is 0. The van der Waals surface area contributed by atoms with E-state index in [2.05, 4.69) is 16.3 Å². The van der Waals surface area contributed by atoms with Gasteiger partial charge in [0.05, 0.1) is 37.0 Å². The first-order chi connectivity index (χ1) is 21.2. The van der Waals surface area contributed by atoms with E-state index in [0.29, 0.717) is 62.7 Å². The Balaban J connectivity index is 1.52. The highest BCUT2D eigenvalue weighted by atomic mass is 32.2. The van der Waals surface area contributed by atoms with Crippen molar-refractivity contribution in [3.8, 4) is 22.8 Å². The number of aryl methyl sites for hydroxylation is 1. The Morgan fingerprint density at radius 2 is 1.55 bits per heavy atom. The van der Waals surface area contributed by atoms with E-state index < -0.39 is 9.84 Å². The molecule has 0 spiro atoms. The molecule has 11 heteroatoms. The van der Waals surface area contributed by atoms with Gasteiger partial charge in [-0.2, -0.15) is 5.10 Å². The standard InChI is InChI=1S/C33H44N2O8S/c1-4-40-32(36)15-11-21-43-31-14-10-13-25(29(31)16-17-33(37)41-5-2)12-8-6-7-9-20-42-27-22-26(30-18-19-34-35-30)23-28(24-27)44(3,38)39/h10,13-14,18-19,22-24H,4-9,11-12,15-17,20-21H2,1-3H3,(H,34,35). The van der Waals surface area contributed by atoms with Crippen LogP contribution in [0.5, 0.6) is 11.5 Å². The zero-order valence-corrected chi connectivity index (χ0v) is 26.7. The van der Waals surface area contributed by atoms with Crippen molar-refractivity contribution in [3.63, 3.8) is 0 Å². The molecule has 10 nitrogen and oxygen atoms in total. The van der Waals surface area contributed by atoms with Crippen molar-refractivity contribution >= 4 is 21.8 Å². The van der Waals surface area contributed by atoms with Crippen LogP contribution in [0.2, 0.25) is 0 Å². The van der Waals surface area contributed by atoms with Crippen LogP contribution in [0.3, 0.4) is 0 Å². The van der Waals surface area contributed by atoms with Crippen LogP contribution in [0.15, 0.2) is 53.6 Å². The molecule has 1 aromatic heterocycles. The maximum atomic E-state index is 12.2. The number of carbonyl (C=O) groups is 2. The molecular formula is C33H44N2O8S. The van der Waals surface area contributed by atoms with Gasteiger partial charge >= 0.3 is 11.9 Å². The third-order valence-corrected chi connectivity index (χ3v) is 8.01. The lowest BCUT2D eigenvalue weighted by Gasteiger charge is -2.16. The number of aromatic nitrogens is 2. The molecule has 0 bridgehead atoms. The highest BCUT2D eigenvalue weighted by Crippen LogP contribution is 2.28. The Labute approximate surface area is 260 Å².